The molecular weight excluding hydrogens is 440 g/mol. The van der Waals surface area contributed by atoms with Crippen LogP contribution in [0.1, 0.15) is 63.8 Å². The van der Waals surface area contributed by atoms with E-state index in [0.29, 0.717) is 30.9 Å². The molecule has 0 amide bonds. The van der Waals surface area contributed by atoms with E-state index in [1.807, 2.05) is 44.2 Å². The number of nitrogens with one attached hydrogen (secondary N) is 1. The van der Waals surface area contributed by atoms with Crippen molar-refractivity contribution < 1.29 is 13.3 Å². The Morgan fingerprint density at radius 1 is 1.21 bits per heavy atom. The topological polar surface area (TPSA) is 102 Å². The number of sulfonamides is 1. The first-order chi connectivity index (χ1) is 15.7. The van der Waals surface area contributed by atoms with E-state index in [9.17, 15) is 8.42 Å². The normalized spacial score (nSPS) is 13.3. The van der Waals surface area contributed by atoms with Crippen LogP contribution in [-0.4, -0.2) is 65.8 Å². The van der Waals surface area contributed by atoms with Crippen LogP contribution < -0.4 is 4.72 Å². The number of rotatable bonds is 15. The third-order valence-electron chi connectivity index (χ3n) is 5.23. The zero-order valence-corrected chi connectivity index (χ0v) is 21.3. The second-order valence-corrected chi connectivity index (χ2v) is 10.1. The van der Waals surface area contributed by atoms with Crippen LogP contribution in [0.2, 0.25) is 0 Å². The van der Waals surface area contributed by atoms with Gasteiger partial charge < -0.3 is 9.74 Å². The summed E-state index contributed by atoms with van der Waals surface area (Å²) in [5, 5.41) is 8.39. The zero-order chi connectivity index (χ0) is 24.3. The monoisotopic (exact) mass is 478 g/mol. The average molecular weight is 479 g/mol. The molecule has 2 rings (SSSR count). The molecule has 33 heavy (non-hydrogen) atoms. The Balaban J connectivity index is 2.15. The van der Waals surface area contributed by atoms with Gasteiger partial charge in [-0.1, -0.05) is 49.3 Å². The van der Waals surface area contributed by atoms with E-state index in [4.69, 9.17) is 4.84 Å². The van der Waals surface area contributed by atoms with Crippen molar-refractivity contribution in [2.45, 2.75) is 59.1 Å². The third kappa shape index (κ3) is 9.61. The van der Waals surface area contributed by atoms with Crippen molar-refractivity contribution in [3.8, 4) is 0 Å². The van der Waals surface area contributed by atoms with Crippen molar-refractivity contribution in [2.75, 3.05) is 25.4 Å². The molecular formula is C23H38N6O3S. The summed E-state index contributed by atoms with van der Waals surface area (Å²) in [4.78, 5) is 12.0. The van der Waals surface area contributed by atoms with Gasteiger partial charge >= 0.3 is 0 Å². The van der Waals surface area contributed by atoms with E-state index in [1.54, 1.807) is 11.7 Å². The quantitative estimate of drug-likeness (QED) is 0.312. The molecule has 0 fully saturated rings. The molecule has 0 radical (unpaired) electrons. The highest BCUT2D eigenvalue weighted by molar-refractivity contribution is 7.89. The molecule has 2 aromatic rings. The molecule has 10 heteroatoms. The molecule has 0 spiro atoms. The molecule has 184 valence electrons. The van der Waals surface area contributed by atoms with Gasteiger partial charge in [0.05, 0.1) is 11.8 Å². The number of hydrogen-bond acceptors (Lipinski definition) is 7. The van der Waals surface area contributed by atoms with Crippen LogP contribution in [0.5, 0.6) is 0 Å². The summed E-state index contributed by atoms with van der Waals surface area (Å²) >= 11 is 0. The predicted molar refractivity (Wildman–Crippen MR) is 132 cm³/mol. The highest BCUT2D eigenvalue weighted by atomic mass is 32.2. The maximum Gasteiger partial charge on any atom is 0.212 e. The molecule has 1 N–H and O–H groups in total. The van der Waals surface area contributed by atoms with Crippen LogP contribution in [0.3, 0.4) is 0 Å². The molecule has 1 heterocycles. The van der Waals surface area contributed by atoms with Gasteiger partial charge in [0.15, 0.2) is 11.6 Å². The highest BCUT2D eigenvalue weighted by Crippen LogP contribution is 2.18. The Kier molecular flexibility index (Phi) is 11.0. The van der Waals surface area contributed by atoms with Crippen LogP contribution in [0.15, 0.2) is 35.5 Å². The van der Waals surface area contributed by atoms with Crippen LogP contribution in [0.4, 0.5) is 0 Å². The van der Waals surface area contributed by atoms with Gasteiger partial charge in [0.25, 0.3) is 0 Å². The van der Waals surface area contributed by atoms with E-state index in [2.05, 4.69) is 38.7 Å². The summed E-state index contributed by atoms with van der Waals surface area (Å²) in [6.07, 6.45) is 3.26. The van der Waals surface area contributed by atoms with Crippen LogP contribution >= 0.6 is 0 Å². The fourth-order valence-corrected chi connectivity index (χ4v) is 4.65. The smallest absolute Gasteiger partial charge is 0.212 e. The molecule has 0 aliphatic heterocycles. The van der Waals surface area contributed by atoms with Gasteiger partial charge in [-0.2, -0.15) is 5.10 Å². The van der Waals surface area contributed by atoms with Gasteiger partial charge in [0.1, 0.15) is 12.3 Å². The number of benzene rings is 1. The Bertz CT molecular complexity index is 956. The second-order valence-electron chi connectivity index (χ2n) is 8.23. The van der Waals surface area contributed by atoms with E-state index in [0.717, 1.165) is 25.2 Å². The summed E-state index contributed by atoms with van der Waals surface area (Å²) in [5.74, 6) is 0.983. The van der Waals surface area contributed by atoms with E-state index in [-0.39, 0.29) is 11.9 Å². The Hall–Kier alpha value is -2.30. The van der Waals surface area contributed by atoms with Crippen molar-refractivity contribution in [3.63, 3.8) is 0 Å². The number of hydrogen-bond donors (Lipinski definition) is 1. The predicted octanol–water partition coefficient (Wildman–Crippen LogP) is 2.90. The van der Waals surface area contributed by atoms with Crippen molar-refractivity contribution in [1.29, 1.82) is 0 Å². The SMILES string of the molecule is CCN(CC)CCCS(=O)(=O)N[C@H](CCc1ccccc1)c1nc(/C=N/OC(C)C)n(C)n1. The van der Waals surface area contributed by atoms with Gasteiger partial charge in [-0.05, 0) is 58.3 Å². The van der Waals surface area contributed by atoms with Crippen LogP contribution in [0, 0.1) is 0 Å². The third-order valence-corrected chi connectivity index (χ3v) is 6.70. The first-order valence-corrected chi connectivity index (χ1v) is 13.3. The lowest BCUT2D eigenvalue weighted by Gasteiger charge is -2.19. The molecule has 9 nitrogen and oxygen atoms in total. The molecule has 0 bridgehead atoms. The minimum atomic E-state index is -3.50. The first-order valence-electron chi connectivity index (χ1n) is 11.6. The number of aromatic nitrogens is 3. The van der Waals surface area contributed by atoms with Crippen LogP contribution in [-0.2, 0) is 28.3 Å². The molecule has 0 saturated heterocycles. The van der Waals surface area contributed by atoms with Crippen LogP contribution in [0.25, 0.3) is 0 Å². The summed E-state index contributed by atoms with van der Waals surface area (Å²) in [6, 6.07) is 9.44. The number of nitrogens with zero attached hydrogens (tertiary/aromatic N) is 5. The Labute approximate surface area is 198 Å². The Morgan fingerprint density at radius 3 is 2.55 bits per heavy atom. The lowest BCUT2D eigenvalue weighted by Crippen LogP contribution is -2.33. The summed E-state index contributed by atoms with van der Waals surface area (Å²) in [7, 11) is -1.75. The van der Waals surface area contributed by atoms with Crippen molar-refractivity contribution in [3.05, 3.63) is 47.5 Å². The number of aryl methyl sites for hydroxylation is 2. The fraction of sp³-hybridized carbons (Fsp3) is 0.609. The Morgan fingerprint density at radius 2 is 1.91 bits per heavy atom. The fourth-order valence-electron chi connectivity index (χ4n) is 3.37. The number of oxime groups is 1. The molecule has 1 atom stereocenters. The van der Waals surface area contributed by atoms with Gasteiger partial charge in [-0.25, -0.2) is 22.8 Å². The molecule has 1 aromatic heterocycles. The molecule has 0 aliphatic rings. The molecule has 1 aromatic carbocycles. The maximum atomic E-state index is 12.9. The van der Waals surface area contributed by atoms with Gasteiger partial charge in [-0.3, -0.25) is 0 Å². The zero-order valence-electron chi connectivity index (χ0n) is 20.4. The van der Waals surface area contributed by atoms with Gasteiger partial charge in [0, 0.05) is 7.05 Å². The molecule has 0 unspecified atom stereocenters. The summed E-state index contributed by atoms with van der Waals surface area (Å²) in [6.45, 7) is 10.5. The summed E-state index contributed by atoms with van der Waals surface area (Å²) < 4.78 is 30.2. The first kappa shape index (κ1) is 26.9. The maximum absolute atomic E-state index is 12.9. The minimum Gasteiger partial charge on any atom is -0.393 e. The van der Waals surface area contributed by atoms with Crippen molar-refractivity contribution in [1.82, 2.24) is 24.4 Å². The van der Waals surface area contributed by atoms with E-state index in [1.165, 1.54) is 6.21 Å². The van der Waals surface area contributed by atoms with Gasteiger partial charge in [-0.15, -0.1) is 0 Å². The van der Waals surface area contributed by atoms with Gasteiger partial charge in [0.2, 0.25) is 10.0 Å². The van der Waals surface area contributed by atoms with Crippen molar-refractivity contribution >= 4 is 16.2 Å². The lowest BCUT2D eigenvalue weighted by atomic mass is 10.1. The van der Waals surface area contributed by atoms with E-state index >= 15 is 0 Å². The van der Waals surface area contributed by atoms with Crippen molar-refractivity contribution in [2.24, 2.45) is 12.2 Å². The highest BCUT2D eigenvalue weighted by Gasteiger charge is 2.24. The largest absolute Gasteiger partial charge is 0.393 e. The molecule has 0 saturated carbocycles. The second kappa shape index (κ2) is 13.4. The molecule has 0 aliphatic carbocycles. The van der Waals surface area contributed by atoms with E-state index < -0.39 is 16.1 Å². The standard InChI is InChI=1S/C23H38N6O3S/c1-6-29(7-2)16-11-17-33(30,31)27-21(15-14-20-12-9-8-10-13-20)23-25-22(28(5)26-23)18-24-32-19(3)4/h8-10,12-13,18-19,21,27H,6-7,11,14-17H2,1-5H3/b24-18+/t21-/m1/s1. The lowest BCUT2D eigenvalue weighted by molar-refractivity contribution is 0.0872. The average Bonchev–Trinajstić information content (AvgIpc) is 3.15. The summed E-state index contributed by atoms with van der Waals surface area (Å²) in [5.41, 5.74) is 1.13. The minimum absolute atomic E-state index is 0.0456.